The maximum absolute atomic E-state index is 13.1. The first-order valence-electron chi connectivity index (χ1n) is 10.1. The minimum absolute atomic E-state index is 0.00565. The number of anilines is 1. The number of carbonyl (C=O) groups is 3. The van der Waals surface area contributed by atoms with Crippen LogP contribution in [0.4, 0.5) is 5.69 Å². The summed E-state index contributed by atoms with van der Waals surface area (Å²) in [4.78, 5) is 40.5. The Morgan fingerprint density at radius 3 is 2.12 bits per heavy atom. The lowest BCUT2D eigenvalue weighted by molar-refractivity contribution is -0.138. The van der Waals surface area contributed by atoms with Gasteiger partial charge in [0.1, 0.15) is 9.81 Å². The number of amides is 1. The molecule has 9 heteroatoms. The van der Waals surface area contributed by atoms with Crippen LogP contribution in [0.3, 0.4) is 0 Å². The highest BCUT2D eigenvalue weighted by atomic mass is 32.2. The number of fused-ring (bicyclic) bond motifs is 1. The Bertz CT molecular complexity index is 1060. The van der Waals surface area contributed by atoms with Gasteiger partial charge in [-0.2, -0.15) is 0 Å². The largest absolute Gasteiger partial charge is 0.465 e. The Morgan fingerprint density at radius 1 is 1.06 bits per heavy atom. The fourth-order valence-electron chi connectivity index (χ4n) is 3.70. The fourth-order valence-corrected chi connectivity index (χ4v) is 6.73. The number of ether oxygens (including phenoxy) is 2. The maximum Gasteiger partial charge on any atom is 0.346 e. The van der Waals surface area contributed by atoms with Crippen molar-refractivity contribution in [3.8, 4) is 0 Å². The normalized spacial score (nSPS) is 17.4. The maximum atomic E-state index is 13.1. The van der Waals surface area contributed by atoms with Gasteiger partial charge in [0.05, 0.1) is 34.5 Å². The third-order valence-electron chi connectivity index (χ3n) is 5.26. The Morgan fingerprint density at radius 2 is 1.62 bits per heavy atom. The number of nitrogens with zero attached hydrogens (tertiary/aromatic N) is 1. The van der Waals surface area contributed by atoms with Crippen molar-refractivity contribution in [2.75, 3.05) is 19.1 Å². The molecule has 0 saturated carbocycles. The van der Waals surface area contributed by atoms with Gasteiger partial charge in [0.2, 0.25) is 5.91 Å². The van der Waals surface area contributed by atoms with Crippen molar-refractivity contribution in [2.45, 2.75) is 46.1 Å². The Labute approximate surface area is 201 Å². The van der Waals surface area contributed by atoms with Crippen LogP contribution in [0.5, 0.6) is 0 Å². The molecule has 1 aromatic carbocycles. The van der Waals surface area contributed by atoms with Gasteiger partial charge in [0.15, 0.2) is 0 Å². The Kier molecular flexibility index (Phi) is 7.21. The fraction of sp³-hybridized carbons (Fsp3) is 0.391. The molecule has 0 bridgehead atoms. The summed E-state index contributed by atoms with van der Waals surface area (Å²) in [5, 5.41) is 0. The first-order chi connectivity index (χ1) is 15.1. The van der Waals surface area contributed by atoms with E-state index in [1.165, 1.54) is 14.2 Å². The second-order valence-electron chi connectivity index (χ2n) is 7.90. The van der Waals surface area contributed by atoms with Crippen LogP contribution in [0.1, 0.15) is 44.7 Å². The van der Waals surface area contributed by atoms with E-state index in [1.54, 1.807) is 4.90 Å². The summed E-state index contributed by atoms with van der Waals surface area (Å²) in [5.41, 5.74) is 2.56. The number of thioether (sulfide) groups is 2. The zero-order chi connectivity index (χ0) is 23.8. The SMILES string of the molecule is CCCC(=O)N1c2cc(C)ccc2C(=C2SC(C(=O)OC)=C(C(=O)OC)S2)C(=S)C1(C)C. The molecule has 0 N–H and O–H groups in total. The van der Waals surface area contributed by atoms with Gasteiger partial charge in [-0.3, -0.25) is 4.79 Å². The second-order valence-corrected chi connectivity index (χ2v) is 10.6. The van der Waals surface area contributed by atoms with Gasteiger partial charge in [0, 0.05) is 17.6 Å². The van der Waals surface area contributed by atoms with Crippen LogP contribution < -0.4 is 4.90 Å². The van der Waals surface area contributed by atoms with E-state index in [2.05, 4.69) is 0 Å². The van der Waals surface area contributed by atoms with Gasteiger partial charge >= 0.3 is 11.9 Å². The van der Waals surface area contributed by atoms with Crippen LogP contribution in [0.2, 0.25) is 0 Å². The predicted molar refractivity (Wildman–Crippen MR) is 133 cm³/mol. The van der Waals surface area contributed by atoms with Gasteiger partial charge in [0.25, 0.3) is 0 Å². The molecule has 2 aliphatic heterocycles. The highest BCUT2D eigenvalue weighted by Crippen LogP contribution is 2.56. The van der Waals surface area contributed by atoms with Crippen LogP contribution in [-0.4, -0.2) is 42.5 Å². The van der Waals surface area contributed by atoms with Gasteiger partial charge in [-0.15, -0.1) is 0 Å². The molecule has 0 aliphatic carbocycles. The molecule has 6 nitrogen and oxygen atoms in total. The zero-order valence-corrected chi connectivity index (χ0v) is 21.3. The monoisotopic (exact) mass is 491 g/mol. The molecule has 2 heterocycles. The van der Waals surface area contributed by atoms with Crippen molar-refractivity contribution in [1.29, 1.82) is 0 Å². The molecule has 32 heavy (non-hydrogen) atoms. The summed E-state index contributed by atoms with van der Waals surface area (Å²) in [6.45, 7) is 7.79. The quantitative estimate of drug-likeness (QED) is 0.331. The summed E-state index contributed by atoms with van der Waals surface area (Å²) in [7, 11) is 2.54. The molecule has 0 saturated heterocycles. The zero-order valence-electron chi connectivity index (χ0n) is 18.9. The number of hydrogen-bond acceptors (Lipinski definition) is 8. The third kappa shape index (κ3) is 4.13. The van der Waals surface area contributed by atoms with Crippen molar-refractivity contribution in [2.24, 2.45) is 0 Å². The summed E-state index contributed by atoms with van der Waals surface area (Å²) in [5.74, 6) is -1.21. The Hall–Kier alpha value is -2.10. The molecule has 0 atom stereocenters. The summed E-state index contributed by atoms with van der Waals surface area (Å²) < 4.78 is 10.4. The molecule has 2 aliphatic rings. The first kappa shape index (κ1) is 24.5. The third-order valence-corrected chi connectivity index (χ3v) is 8.52. The summed E-state index contributed by atoms with van der Waals surface area (Å²) >= 11 is 8.22. The summed E-state index contributed by atoms with van der Waals surface area (Å²) in [6.07, 6.45) is 1.14. The second kappa shape index (κ2) is 9.41. The van der Waals surface area contributed by atoms with Crippen molar-refractivity contribution in [1.82, 2.24) is 0 Å². The number of esters is 2. The molecule has 0 aromatic heterocycles. The Balaban J connectivity index is 2.24. The molecule has 3 rings (SSSR count). The number of carbonyl (C=O) groups excluding carboxylic acids is 3. The highest BCUT2D eigenvalue weighted by molar-refractivity contribution is 8.29. The van der Waals surface area contributed by atoms with E-state index in [1.807, 2.05) is 45.9 Å². The van der Waals surface area contributed by atoms with E-state index in [0.717, 1.165) is 52.3 Å². The molecule has 0 unspecified atom stereocenters. The van der Waals surface area contributed by atoms with Gasteiger partial charge in [-0.05, 0) is 38.8 Å². The molecule has 0 radical (unpaired) electrons. The lowest BCUT2D eigenvalue weighted by atomic mass is 9.82. The van der Waals surface area contributed by atoms with E-state index in [4.69, 9.17) is 21.7 Å². The van der Waals surface area contributed by atoms with Crippen molar-refractivity contribution in [3.05, 3.63) is 43.4 Å². The minimum atomic E-state index is -0.773. The molecule has 1 amide bonds. The van der Waals surface area contributed by atoms with E-state index in [9.17, 15) is 14.4 Å². The number of methoxy groups -OCH3 is 2. The van der Waals surface area contributed by atoms with Crippen LogP contribution in [0.15, 0.2) is 32.2 Å². The number of thiocarbonyl (C=S) groups is 1. The van der Waals surface area contributed by atoms with Gasteiger partial charge < -0.3 is 14.4 Å². The number of benzene rings is 1. The molecular formula is C23H25NO5S3. The topological polar surface area (TPSA) is 72.9 Å². The lowest BCUT2D eigenvalue weighted by Crippen LogP contribution is -2.55. The van der Waals surface area contributed by atoms with Crippen LogP contribution in [0, 0.1) is 6.92 Å². The average molecular weight is 492 g/mol. The van der Waals surface area contributed by atoms with Crippen molar-refractivity contribution >= 4 is 69.7 Å². The van der Waals surface area contributed by atoms with Crippen LogP contribution in [-0.2, 0) is 23.9 Å². The first-order valence-corrected chi connectivity index (χ1v) is 12.1. The minimum Gasteiger partial charge on any atom is -0.465 e. The van der Waals surface area contributed by atoms with Gasteiger partial charge in [-0.25, -0.2) is 9.59 Å². The molecule has 0 spiro atoms. The van der Waals surface area contributed by atoms with Gasteiger partial charge in [-0.1, -0.05) is 54.8 Å². The van der Waals surface area contributed by atoms with Crippen molar-refractivity contribution in [3.63, 3.8) is 0 Å². The van der Waals surface area contributed by atoms with Crippen LogP contribution in [0.25, 0.3) is 5.57 Å². The number of rotatable bonds is 4. The van der Waals surface area contributed by atoms with Crippen LogP contribution >= 0.6 is 35.7 Å². The molecule has 1 aromatic rings. The molecule has 170 valence electrons. The summed E-state index contributed by atoms with van der Waals surface area (Å²) in [6, 6.07) is 5.88. The van der Waals surface area contributed by atoms with Crippen molar-refractivity contribution < 1.29 is 23.9 Å². The average Bonchev–Trinajstić information content (AvgIpc) is 3.18. The smallest absolute Gasteiger partial charge is 0.346 e. The molecule has 0 fully saturated rings. The lowest BCUT2D eigenvalue weighted by Gasteiger charge is -2.45. The van der Waals surface area contributed by atoms with E-state index < -0.39 is 17.5 Å². The number of hydrogen-bond donors (Lipinski definition) is 0. The van der Waals surface area contributed by atoms with E-state index in [0.29, 0.717) is 15.5 Å². The highest BCUT2D eigenvalue weighted by Gasteiger charge is 2.45. The van der Waals surface area contributed by atoms with E-state index >= 15 is 0 Å². The number of aryl methyl sites for hydroxylation is 1. The van der Waals surface area contributed by atoms with E-state index in [-0.39, 0.29) is 15.7 Å². The predicted octanol–water partition coefficient (Wildman–Crippen LogP) is 5.00. The standard InChI is InChI=1S/C23H25NO5S3/c1-7-8-15(25)24-14-11-12(2)9-10-13(14)16(19(30)23(24,3)4)22-31-17(20(26)28-5)18(32-22)21(27)29-6/h9-11H,7-8H2,1-6H3. The molecular weight excluding hydrogens is 466 g/mol.